The Bertz CT molecular complexity index is 668. The maximum atomic E-state index is 13.2. The van der Waals surface area contributed by atoms with Gasteiger partial charge in [-0.1, -0.05) is 20.8 Å². The topological polar surface area (TPSA) is 82.1 Å². The van der Waals surface area contributed by atoms with Crippen LogP contribution in [0.2, 0.25) is 0 Å². The molecule has 0 amide bonds. The van der Waals surface area contributed by atoms with Gasteiger partial charge in [-0.25, -0.2) is 0 Å². The lowest BCUT2D eigenvalue weighted by atomic mass is 9.78. The molecule has 4 aliphatic rings. The fourth-order valence-electron chi connectivity index (χ4n) is 6.12. The molecule has 0 spiro atoms. The minimum Gasteiger partial charge on any atom is -0.459 e. The smallest absolute Gasteiger partial charge is 0.320 e. The number of esters is 3. The normalized spacial score (nSPS) is 36.5. The highest BCUT2D eigenvalue weighted by molar-refractivity contribution is 5.86. The van der Waals surface area contributed by atoms with Gasteiger partial charge >= 0.3 is 17.9 Å². The first kappa shape index (κ1) is 20.6. The summed E-state index contributed by atoms with van der Waals surface area (Å²) < 4.78 is 17.4. The van der Waals surface area contributed by atoms with Gasteiger partial charge in [-0.3, -0.25) is 19.3 Å². The summed E-state index contributed by atoms with van der Waals surface area (Å²) in [5.74, 6) is -2.18. The van der Waals surface area contributed by atoms with Crippen molar-refractivity contribution in [3.05, 3.63) is 0 Å². The molecule has 7 nitrogen and oxygen atoms in total. The zero-order chi connectivity index (χ0) is 20.8. The molecule has 6 atom stereocenters. The molecule has 2 bridgehead atoms. The van der Waals surface area contributed by atoms with Crippen molar-refractivity contribution in [3.63, 3.8) is 0 Å². The Morgan fingerprint density at radius 1 is 1.14 bits per heavy atom. The highest BCUT2D eigenvalue weighted by atomic mass is 16.6. The van der Waals surface area contributed by atoms with Crippen molar-refractivity contribution in [1.82, 2.24) is 4.90 Å². The van der Waals surface area contributed by atoms with Crippen LogP contribution in [0.25, 0.3) is 0 Å². The Labute approximate surface area is 172 Å². The van der Waals surface area contributed by atoms with E-state index in [-0.39, 0.29) is 36.3 Å². The van der Waals surface area contributed by atoms with Gasteiger partial charge in [0.25, 0.3) is 0 Å². The lowest BCUT2D eigenvalue weighted by Gasteiger charge is -2.34. The summed E-state index contributed by atoms with van der Waals surface area (Å²) in [7, 11) is 0. The number of carbonyl (C=O) groups is 3. The van der Waals surface area contributed by atoms with Gasteiger partial charge in [0.2, 0.25) is 0 Å². The maximum Gasteiger partial charge on any atom is 0.320 e. The van der Waals surface area contributed by atoms with E-state index in [1.54, 1.807) is 0 Å². The fourth-order valence-corrected chi connectivity index (χ4v) is 6.12. The van der Waals surface area contributed by atoms with Gasteiger partial charge in [-0.2, -0.15) is 0 Å². The fraction of sp³-hybridized carbons (Fsp3) is 0.864. The van der Waals surface area contributed by atoms with E-state index in [4.69, 9.17) is 14.2 Å². The first-order chi connectivity index (χ1) is 13.9. The third-order valence-corrected chi connectivity index (χ3v) is 7.81. The molecular formula is C22H33NO6. The van der Waals surface area contributed by atoms with Crippen LogP contribution in [0.3, 0.4) is 0 Å². The molecule has 29 heavy (non-hydrogen) atoms. The van der Waals surface area contributed by atoms with Crippen molar-refractivity contribution in [2.45, 2.75) is 77.1 Å². The maximum absolute atomic E-state index is 13.2. The minimum absolute atomic E-state index is 0.0440. The summed E-state index contributed by atoms with van der Waals surface area (Å²) in [6.45, 7) is 7.77. The Morgan fingerprint density at radius 2 is 1.83 bits per heavy atom. The largest absolute Gasteiger partial charge is 0.459 e. The molecule has 0 aromatic heterocycles. The number of hydrogen-bond acceptors (Lipinski definition) is 7. The van der Waals surface area contributed by atoms with E-state index in [1.807, 2.05) is 18.7 Å². The molecule has 3 saturated carbocycles. The summed E-state index contributed by atoms with van der Waals surface area (Å²) in [5.41, 5.74) is -0.393. The van der Waals surface area contributed by atoms with E-state index in [0.717, 1.165) is 45.2 Å². The highest BCUT2D eigenvalue weighted by Gasteiger charge is 2.70. The zero-order valence-corrected chi connectivity index (χ0v) is 17.7. The highest BCUT2D eigenvalue weighted by Crippen LogP contribution is 2.59. The van der Waals surface area contributed by atoms with Crippen LogP contribution >= 0.6 is 0 Å². The number of hydrogen-bond donors (Lipinski definition) is 0. The SMILES string of the molecule is CCN(CC)CC(=O)OC1C2CC3C1OC(=O)C3C2C(=O)OC1(CC)CCCC1. The van der Waals surface area contributed by atoms with Crippen molar-refractivity contribution in [1.29, 1.82) is 0 Å². The van der Waals surface area contributed by atoms with Crippen molar-refractivity contribution < 1.29 is 28.6 Å². The predicted octanol–water partition coefficient (Wildman–Crippen LogP) is 2.31. The predicted molar refractivity (Wildman–Crippen MR) is 104 cm³/mol. The average Bonchev–Trinajstić information content (AvgIpc) is 3.44. The zero-order valence-electron chi connectivity index (χ0n) is 17.7. The molecule has 162 valence electrons. The van der Waals surface area contributed by atoms with Gasteiger partial charge in [0.05, 0.1) is 18.4 Å². The Kier molecular flexibility index (Phi) is 5.62. The summed E-state index contributed by atoms with van der Waals surface area (Å²) >= 11 is 0. The molecule has 0 aromatic carbocycles. The van der Waals surface area contributed by atoms with Crippen LogP contribution in [0, 0.1) is 23.7 Å². The van der Waals surface area contributed by atoms with E-state index < -0.39 is 29.6 Å². The molecule has 1 heterocycles. The average molecular weight is 408 g/mol. The molecule has 1 aliphatic heterocycles. The van der Waals surface area contributed by atoms with Gasteiger partial charge in [0.15, 0.2) is 0 Å². The summed E-state index contributed by atoms with van der Waals surface area (Å²) in [6, 6.07) is 0. The van der Waals surface area contributed by atoms with Crippen LogP contribution in [0.15, 0.2) is 0 Å². The third-order valence-electron chi connectivity index (χ3n) is 7.81. The standard InChI is InChI=1S/C22H33NO6/c1-4-22(9-7-8-10-22)29-21(26)17-14-11-13-16(17)20(25)28-19(13)18(14)27-15(24)12-23(5-2)6-3/h13-14,16-19H,4-12H2,1-3H3. The van der Waals surface area contributed by atoms with Gasteiger partial charge in [0, 0.05) is 11.8 Å². The lowest BCUT2D eigenvalue weighted by Crippen LogP contribution is -2.46. The van der Waals surface area contributed by atoms with Crippen molar-refractivity contribution >= 4 is 17.9 Å². The second kappa shape index (κ2) is 7.89. The third kappa shape index (κ3) is 3.45. The Hall–Kier alpha value is -1.63. The van der Waals surface area contributed by atoms with Crippen LogP contribution < -0.4 is 0 Å². The van der Waals surface area contributed by atoms with Crippen LogP contribution in [0.4, 0.5) is 0 Å². The molecule has 1 saturated heterocycles. The van der Waals surface area contributed by atoms with Crippen molar-refractivity contribution in [2.75, 3.05) is 19.6 Å². The van der Waals surface area contributed by atoms with Crippen LogP contribution in [0.5, 0.6) is 0 Å². The number of ether oxygens (including phenoxy) is 3. The van der Waals surface area contributed by atoms with E-state index in [1.165, 1.54) is 0 Å². The number of likely N-dealkylation sites (N-methyl/N-ethyl adjacent to an activating group) is 1. The number of carbonyl (C=O) groups excluding carboxylic acids is 3. The van der Waals surface area contributed by atoms with Crippen molar-refractivity contribution in [3.8, 4) is 0 Å². The number of rotatable bonds is 8. The van der Waals surface area contributed by atoms with E-state index in [2.05, 4.69) is 6.92 Å². The van der Waals surface area contributed by atoms with Crippen LogP contribution in [0.1, 0.15) is 59.3 Å². The quantitative estimate of drug-likeness (QED) is 0.451. The van der Waals surface area contributed by atoms with Gasteiger partial charge in [0.1, 0.15) is 17.8 Å². The molecular weight excluding hydrogens is 374 g/mol. The molecule has 4 rings (SSSR count). The van der Waals surface area contributed by atoms with E-state index in [0.29, 0.717) is 6.42 Å². The van der Waals surface area contributed by atoms with Gasteiger partial charge < -0.3 is 14.2 Å². The minimum atomic E-state index is -0.554. The van der Waals surface area contributed by atoms with Gasteiger partial charge in [-0.15, -0.1) is 0 Å². The first-order valence-electron chi connectivity index (χ1n) is 11.3. The molecule has 4 fully saturated rings. The van der Waals surface area contributed by atoms with E-state index >= 15 is 0 Å². The number of nitrogens with zero attached hydrogens (tertiary/aromatic N) is 1. The molecule has 7 heteroatoms. The Morgan fingerprint density at radius 3 is 2.45 bits per heavy atom. The molecule has 0 N–H and O–H groups in total. The molecule has 0 radical (unpaired) electrons. The van der Waals surface area contributed by atoms with Gasteiger partial charge in [-0.05, 0) is 51.6 Å². The van der Waals surface area contributed by atoms with Crippen LogP contribution in [-0.4, -0.2) is 60.3 Å². The first-order valence-corrected chi connectivity index (χ1v) is 11.3. The Balaban J connectivity index is 1.48. The molecule has 3 aliphatic carbocycles. The summed E-state index contributed by atoms with van der Waals surface area (Å²) in [6.07, 6.45) is 4.43. The monoisotopic (exact) mass is 407 g/mol. The second-order valence-electron chi connectivity index (χ2n) is 9.10. The molecule has 6 unspecified atom stereocenters. The second-order valence-corrected chi connectivity index (χ2v) is 9.10. The summed E-state index contributed by atoms with van der Waals surface area (Å²) in [5, 5.41) is 0. The van der Waals surface area contributed by atoms with Crippen molar-refractivity contribution in [2.24, 2.45) is 23.7 Å². The number of fused-ring (bicyclic) bond motifs is 1. The van der Waals surface area contributed by atoms with Crippen LogP contribution in [-0.2, 0) is 28.6 Å². The lowest BCUT2D eigenvalue weighted by molar-refractivity contribution is -0.175. The molecule has 0 aromatic rings. The summed E-state index contributed by atoms with van der Waals surface area (Å²) in [4.78, 5) is 40.2. The van der Waals surface area contributed by atoms with E-state index in [9.17, 15) is 14.4 Å².